The van der Waals surface area contributed by atoms with Crippen molar-refractivity contribution in [1.29, 1.82) is 0 Å². The van der Waals surface area contributed by atoms with Gasteiger partial charge in [0.05, 0.1) is 22.5 Å². The van der Waals surface area contributed by atoms with E-state index >= 15 is 0 Å². The van der Waals surface area contributed by atoms with Crippen LogP contribution in [-0.2, 0) is 14.3 Å². The molecule has 2 amide bonds. The minimum Gasteiger partial charge on any atom is -0.459 e. The molecule has 0 unspecified atom stereocenters. The third kappa shape index (κ3) is 4.18. The molecule has 0 spiro atoms. The third-order valence-corrected chi connectivity index (χ3v) is 5.91. The Morgan fingerprint density at radius 1 is 1.23 bits per heavy atom. The van der Waals surface area contributed by atoms with E-state index in [0.717, 1.165) is 15.9 Å². The number of nitrogens with one attached hydrogen (secondary N) is 2. The van der Waals surface area contributed by atoms with Crippen molar-refractivity contribution in [3.63, 3.8) is 0 Å². The normalized spacial score (nSPS) is 16.5. The molecule has 2 atom stereocenters. The maximum absolute atomic E-state index is 12.3. The van der Waals surface area contributed by atoms with Gasteiger partial charge in [-0.2, -0.15) is 0 Å². The summed E-state index contributed by atoms with van der Waals surface area (Å²) >= 11 is 1.43. The molecule has 0 radical (unpaired) electrons. The van der Waals surface area contributed by atoms with Crippen LogP contribution < -0.4 is 10.6 Å². The molecule has 0 bridgehead atoms. The van der Waals surface area contributed by atoms with Crippen LogP contribution in [0.1, 0.15) is 36.0 Å². The monoisotopic (exact) mass is 424 g/mol. The Bertz CT molecular complexity index is 1110. The summed E-state index contributed by atoms with van der Waals surface area (Å²) in [5.74, 6) is -0.570. The summed E-state index contributed by atoms with van der Waals surface area (Å²) in [4.78, 5) is 37.2. The number of carbonyl (C=O) groups excluding carboxylic acids is 3. The van der Waals surface area contributed by atoms with Gasteiger partial charge in [-0.1, -0.05) is 18.2 Å². The van der Waals surface area contributed by atoms with Gasteiger partial charge in [0.25, 0.3) is 5.91 Å². The summed E-state index contributed by atoms with van der Waals surface area (Å²) in [7, 11) is 0. The van der Waals surface area contributed by atoms with Gasteiger partial charge in [-0.15, -0.1) is 11.8 Å². The van der Waals surface area contributed by atoms with Gasteiger partial charge in [0, 0.05) is 10.3 Å². The second kappa shape index (κ2) is 8.23. The number of carbonyl (C=O) groups is 3. The fourth-order valence-electron chi connectivity index (χ4n) is 3.12. The number of furan rings is 1. The Balaban J connectivity index is 1.34. The van der Waals surface area contributed by atoms with Gasteiger partial charge in [0.15, 0.2) is 6.61 Å². The first-order valence-electron chi connectivity index (χ1n) is 9.47. The number of amides is 2. The van der Waals surface area contributed by atoms with E-state index in [-0.39, 0.29) is 22.8 Å². The molecule has 3 aromatic rings. The second-order valence-corrected chi connectivity index (χ2v) is 8.39. The molecule has 1 aromatic heterocycles. The number of anilines is 1. The molecule has 0 fully saturated rings. The van der Waals surface area contributed by atoms with Gasteiger partial charge in [0.2, 0.25) is 5.91 Å². The quantitative estimate of drug-likeness (QED) is 0.603. The van der Waals surface area contributed by atoms with Crippen LogP contribution in [0, 0.1) is 0 Å². The lowest BCUT2D eigenvalue weighted by Crippen LogP contribution is -2.31. The molecule has 1 aliphatic heterocycles. The minimum atomic E-state index is -0.637. The fourth-order valence-corrected chi connectivity index (χ4v) is 4.05. The summed E-state index contributed by atoms with van der Waals surface area (Å²) in [5, 5.41) is 6.29. The first kappa shape index (κ1) is 20.0. The zero-order chi connectivity index (χ0) is 21.3. The van der Waals surface area contributed by atoms with Crippen molar-refractivity contribution in [3.8, 4) is 0 Å². The van der Waals surface area contributed by atoms with Crippen molar-refractivity contribution in [2.75, 3.05) is 11.9 Å². The predicted molar refractivity (Wildman–Crippen MR) is 113 cm³/mol. The number of fused-ring (bicyclic) bond motifs is 2. The Labute approximate surface area is 177 Å². The molecule has 2 N–H and O–H groups in total. The highest BCUT2D eigenvalue weighted by molar-refractivity contribution is 8.00. The number of esters is 1. The van der Waals surface area contributed by atoms with Crippen LogP contribution in [0.3, 0.4) is 0 Å². The van der Waals surface area contributed by atoms with Crippen molar-refractivity contribution in [2.24, 2.45) is 0 Å². The zero-order valence-electron chi connectivity index (χ0n) is 16.4. The standard InChI is InChI=1S/C22H20N2O5S/c1-12(18-10-14-5-3-4-6-17(14)29-18)23-20(25)11-28-22(27)15-7-8-19-16(9-15)24-21(26)13(2)30-19/h3-10,12-13H,11H2,1-2H3,(H,23,25)(H,24,26)/t12-,13-/m1/s1. The van der Waals surface area contributed by atoms with Crippen LogP contribution in [0.4, 0.5) is 5.69 Å². The van der Waals surface area contributed by atoms with Crippen molar-refractivity contribution >= 4 is 46.2 Å². The van der Waals surface area contributed by atoms with Gasteiger partial charge in [0.1, 0.15) is 11.3 Å². The van der Waals surface area contributed by atoms with Crippen LogP contribution in [-0.4, -0.2) is 29.6 Å². The van der Waals surface area contributed by atoms with Crippen LogP contribution in [0.15, 0.2) is 57.8 Å². The van der Waals surface area contributed by atoms with Gasteiger partial charge < -0.3 is 19.8 Å². The van der Waals surface area contributed by atoms with E-state index in [9.17, 15) is 14.4 Å². The summed E-state index contributed by atoms with van der Waals surface area (Å²) in [5.41, 5.74) is 1.58. The van der Waals surface area contributed by atoms with E-state index in [1.54, 1.807) is 25.1 Å². The molecule has 4 rings (SSSR count). The average molecular weight is 424 g/mol. The topological polar surface area (TPSA) is 97.6 Å². The van der Waals surface area contributed by atoms with Crippen molar-refractivity contribution in [3.05, 3.63) is 59.9 Å². The minimum absolute atomic E-state index is 0.114. The SMILES string of the molecule is C[C@H]1Sc2ccc(C(=O)OCC(=O)N[C@H](C)c3cc4ccccc4o3)cc2NC1=O. The number of ether oxygens (including phenoxy) is 1. The Hall–Kier alpha value is -3.26. The first-order chi connectivity index (χ1) is 14.4. The van der Waals surface area contributed by atoms with Gasteiger partial charge in [-0.25, -0.2) is 4.79 Å². The molecular weight excluding hydrogens is 404 g/mol. The molecule has 1 aliphatic rings. The number of rotatable bonds is 5. The van der Waals surface area contributed by atoms with Crippen LogP contribution in [0.5, 0.6) is 0 Å². The molecule has 8 heteroatoms. The van der Waals surface area contributed by atoms with Crippen molar-refractivity contribution in [2.45, 2.75) is 30.0 Å². The highest BCUT2D eigenvalue weighted by Gasteiger charge is 2.24. The molecule has 0 aliphatic carbocycles. The van der Waals surface area contributed by atoms with Gasteiger partial charge >= 0.3 is 5.97 Å². The Morgan fingerprint density at radius 3 is 2.83 bits per heavy atom. The van der Waals surface area contributed by atoms with Gasteiger partial charge in [-0.3, -0.25) is 9.59 Å². The number of hydrogen-bond donors (Lipinski definition) is 2. The zero-order valence-corrected chi connectivity index (χ0v) is 17.2. The first-order valence-corrected chi connectivity index (χ1v) is 10.3. The Kier molecular flexibility index (Phi) is 5.50. The molecule has 30 heavy (non-hydrogen) atoms. The second-order valence-electron chi connectivity index (χ2n) is 7.01. The lowest BCUT2D eigenvalue weighted by atomic mass is 10.2. The number of benzene rings is 2. The maximum Gasteiger partial charge on any atom is 0.338 e. The largest absolute Gasteiger partial charge is 0.459 e. The Morgan fingerprint density at radius 2 is 2.03 bits per heavy atom. The number of hydrogen-bond acceptors (Lipinski definition) is 6. The van der Waals surface area contributed by atoms with Crippen molar-refractivity contribution in [1.82, 2.24) is 5.32 Å². The van der Waals surface area contributed by atoms with E-state index in [0.29, 0.717) is 11.4 Å². The van der Waals surface area contributed by atoms with Crippen molar-refractivity contribution < 1.29 is 23.5 Å². The number of para-hydroxylation sites is 1. The summed E-state index contributed by atoms with van der Waals surface area (Å²) in [6, 6.07) is 14.0. The van der Waals surface area contributed by atoms with E-state index < -0.39 is 18.5 Å². The van der Waals surface area contributed by atoms with E-state index in [1.807, 2.05) is 37.3 Å². The lowest BCUT2D eigenvalue weighted by molar-refractivity contribution is -0.125. The molecule has 0 saturated carbocycles. The highest BCUT2D eigenvalue weighted by Crippen LogP contribution is 2.36. The molecule has 0 saturated heterocycles. The predicted octanol–water partition coefficient (Wildman–Crippen LogP) is 3.90. The fraction of sp³-hybridized carbons (Fsp3) is 0.227. The summed E-state index contributed by atoms with van der Waals surface area (Å²) in [6.45, 7) is 3.19. The number of thioether (sulfide) groups is 1. The summed E-state index contributed by atoms with van der Waals surface area (Å²) in [6.07, 6.45) is 0. The molecule has 2 aromatic carbocycles. The molecular formula is C22H20N2O5S. The maximum atomic E-state index is 12.3. The van der Waals surface area contributed by atoms with Crippen LogP contribution >= 0.6 is 11.8 Å². The van der Waals surface area contributed by atoms with Crippen LogP contribution in [0.2, 0.25) is 0 Å². The molecule has 7 nitrogen and oxygen atoms in total. The van der Waals surface area contributed by atoms with E-state index in [4.69, 9.17) is 9.15 Å². The third-order valence-electron chi connectivity index (χ3n) is 4.73. The molecule has 154 valence electrons. The average Bonchev–Trinajstić information content (AvgIpc) is 3.17. The molecule has 2 heterocycles. The lowest BCUT2D eigenvalue weighted by Gasteiger charge is -2.21. The summed E-state index contributed by atoms with van der Waals surface area (Å²) < 4.78 is 10.9. The van der Waals surface area contributed by atoms with Crippen LogP contribution in [0.25, 0.3) is 11.0 Å². The van der Waals surface area contributed by atoms with E-state index in [1.165, 1.54) is 11.8 Å². The highest BCUT2D eigenvalue weighted by atomic mass is 32.2. The van der Waals surface area contributed by atoms with E-state index in [2.05, 4.69) is 10.6 Å². The smallest absolute Gasteiger partial charge is 0.338 e. The van der Waals surface area contributed by atoms with Gasteiger partial charge in [-0.05, 0) is 44.2 Å².